The van der Waals surface area contributed by atoms with Crippen LogP contribution in [-0.2, 0) is 0 Å². The molecule has 19 heavy (non-hydrogen) atoms. The van der Waals surface area contributed by atoms with E-state index < -0.39 is 24.9 Å². The first-order chi connectivity index (χ1) is 9.02. The van der Waals surface area contributed by atoms with Gasteiger partial charge in [0.05, 0.1) is 18.5 Å². The number of rotatable bonds is 5. The summed E-state index contributed by atoms with van der Waals surface area (Å²) in [5, 5.41) is 44.2. The van der Waals surface area contributed by atoms with Crippen molar-refractivity contribution in [3.05, 3.63) is 23.7 Å². The van der Waals surface area contributed by atoms with Gasteiger partial charge < -0.3 is 25.4 Å². The van der Waals surface area contributed by atoms with Crippen LogP contribution in [0.3, 0.4) is 0 Å². The quantitative estimate of drug-likeness (QED) is 0.405. The molecule has 8 nitrogen and oxygen atoms in total. The first kappa shape index (κ1) is 13.7. The van der Waals surface area contributed by atoms with Crippen molar-refractivity contribution >= 4 is 0 Å². The van der Waals surface area contributed by atoms with Crippen LogP contribution in [0.2, 0.25) is 0 Å². The monoisotopic (exact) mass is 268 g/mol. The second-order valence-electron chi connectivity index (χ2n) is 4.31. The molecule has 8 heteroatoms. The van der Waals surface area contributed by atoms with Crippen LogP contribution in [0.25, 0.3) is 11.5 Å². The molecule has 0 fully saturated rings. The molecule has 0 radical (unpaired) electrons. The Bertz CT molecular complexity index is 538. The van der Waals surface area contributed by atoms with Gasteiger partial charge >= 0.3 is 0 Å². The van der Waals surface area contributed by atoms with Gasteiger partial charge in [-0.2, -0.15) is 5.10 Å². The Morgan fingerprint density at radius 1 is 1.32 bits per heavy atom. The molecule has 104 valence electrons. The van der Waals surface area contributed by atoms with Crippen LogP contribution in [0, 0.1) is 6.92 Å². The third kappa shape index (κ3) is 2.82. The molecule has 2 heterocycles. The van der Waals surface area contributed by atoms with Gasteiger partial charge in [-0.05, 0) is 13.0 Å². The molecule has 0 spiro atoms. The van der Waals surface area contributed by atoms with Crippen molar-refractivity contribution in [2.75, 3.05) is 6.61 Å². The Labute approximate surface area is 108 Å². The molecule has 3 atom stereocenters. The molecule has 0 saturated carbocycles. The summed E-state index contributed by atoms with van der Waals surface area (Å²) >= 11 is 0. The van der Waals surface area contributed by atoms with Gasteiger partial charge in [0.2, 0.25) is 0 Å². The van der Waals surface area contributed by atoms with Crippen molar-refractivity contribution in [3.63, 3.8) is 0 Å². The highest BCUT2D eigenvalue weighted by molar-refractivity contribution is 5.49. The summed E-state index contributed by atoms with van der Waals surface area (Å²) in [5.74, 6) is 0.434. The van der Waals surface area contributed by atoms with E-state index in [0.717, 1.165) is 5.69 Å². The first-order valence-electron chi connectivity index (χ1n) is 5.75. The molecule has 0 aromatic carbocycles. The molecule has 0 saturated heterocycles. The molecular formula is C11H16N4O4. The molecule has 0 aliphatic heterocycles. The number of hydrogen-bond donors (Lipinski definition) is 6. The number of H-pyrrole nitrogens is 2. The number of aromatic amines is 2. The van der Waals surface area contributed by atoms with Gasteiger partial charge in [0.15, 0.2) is 5.82 Å². The van der Waals surface area contributed by atoms with Crippen molar-refractivity contribution in [1.82, 2.24) is 20.2 Å². The lowest BCUT2D eigenvalue weighted by molar-refractivity contribution is -0.0788. The van der Waals surface area contributed by atoms with E-state index in [9.17, 15) is 15.3 Å². The average molecular weight is 268 g/mol. The normalized spacial score (nSPS) is 16.3. The molecule has 0 aliphatic carbocycles. The average Bonchev–Trinajstić information content (AvgIpc) is 3.04. The Hall–Kier alpha value is -1.74. The second kappa shape index (κ2) is 5.49. The number of nitrogens with one attached hydrogen (secondary N) is 2. The number of aliphatic hydroxyl groups excluding tert-OH is 4. The minimum absolute atomic E-state index is 0.232. The Balaban J connectivity index is 2.17. The maximum absolute atomic E-state index is 9.84. The summed E-state index contributed by atoms with van der Waals surface area (Å²) in [5.41, 5.74) is 1.67. The lowest BCUT2D eigenvalue weighted by Gasteiger charge is -2.20. The fourth-order valence-corrected chi connectivity index (χ4v) is 1.66. The van der Waals surface area contributed by atoms with Crippen molar-refractivity contribution in [3.8, 4) is 11.5 Å². The topological polar surface area (TPSA) is 138 Å². The smallest absolute Gasteiger partial charge is 0.158 e. The van der Waals surface area contributed by atoms with Gasteiger partial charge in [-0.25, -0.2) is 4.98 Å². The molecule has 0 amide bonds. The van der Waals surface area contributed by atoms with Crippen molar-refractivity contribution < 1.29 is 20.4 Å². The van der Waals surface area contributed by atoms with Crippen LogP contribution in [-0.4, -0.2) is 59.4 Å². The SMILES string of the molecule is Cc1cc(-c2ncc([C@@H](O)[C@H](O)[C@H](O)CO)[nH]2)n[nH]1. The largest absolute Gasteiger partial charge is 0.394 e. The summed E-state index contributed by atoms with van der Waals surface area (Å²) in [6, 6.07) is 1.77. The number of imidazole rings is 1. The van der Waals surface area contributed by atoms with Crippen molar-refractivity contribution in [2.24, 2.45) is 0 Å². The zero-order valence-corrected chi connectivity index (χ0v) is 10.3. The third-order valence-corrected chi connectivity index (χ3v) is 2.77. The number of hydrogen-bond acceptors (Lipinski definition) is 6. The lowest BCUT2D eigenvalue weighted by atomic mass is 10.1. The highest BCUT2D eigenvalue weighted by atomic mass is 16.4. The third-order valence-electron chi connectivity index (χ3n) is 2.77. The molecule has 2 rings (SSSR count). The molecular weight excluding hydrogens is 252 g/mol. The highest BCUT2D eigenvalue weighted by Gasteiger charge is 2.27. The summed E-state index contributed by atoms with van der Waals surface area (Å²) < 4.78 is 0. The molecule has 0 bridgehead atoms. The van der Waals surface area contributed by atoms with Crippen LogP contribution in [0.4, 0.5) is 0 Å². The van der Waals surface area contributed by atoms with Gasteiger partial charge in [-0.3, -0.25) is 5.10 Å². The van der Waals surface area contributed by atoms with Crippen LogP contribution < -0.4 is 0 Å². The zero-order chi connectivity index (χ0) is 14.0. The molecule has 2 aromatic heterocycles. The van der Waals surface area contributed by atoms with Crippen molar-refractivity contribution in [1.29, 1.82) is 0 Å². The van der Waals surface area contributed by atoms with E-state index in [-0.39, 0.29) is 5.69 Å². The van der Waals surface area contributed by atoms with E-state index in [0.29, 0.717) is 11.5 Å². The minimum atomic E-state index is -1.50. The van der Waals surface area contributed by atoms with Gasteiger partial charge in [-0.15, -0.1) is 0 Å². The van der Waals surface area contributed by atoms with Crippen LogP contribution in [0.15, 0.2) is 12.3 Å². The lowest BCUT2D eigenvalue weighted by Crippen LogP contribution is -2.34. The second-order valence-corrected chi connectivity index (χ2v) is 4.31. The maximum atomic E-state index is 9.84. The molecule has 6 N–H and O–H groups in total. The molecule has 2 aromatic rings. The number of aryl methyl sites for hydroxylation is 1. The van der Waals surface area contributed by atoms with Gasteiger partial charge in [-0.1, -0.05) is 0 Å². The van der Waals surface area contributed by atoms with E-state index >= 15 is 0 Å². The van der Waals surface area contributed by atoms with E-state index in [1.165, 1.54) is 6.20 Å². The predicted octanol–water partition coefficient (Wildman–Crippen LogP) is -1.14. The highest BCUT2D eigenvalue weighted by Crippen LogP contribution is 2.21. The Morgan fingerprint density at radius 2 is 2.05 bits per heavy atom. The maximum Gasteiger partial charge on any atom is 0.158 e. The predicted molar refractivity (Wildman–Crippen MR) is 65.0 cm³/mol. The number of nitrogens with zero attached hydrogens (tertiary/aromatic N) is 2. The van der Waals surface area contributed by atoms with Gasteiger partial charge in [0, 0.05) is 5.69 Å². The first-order valence-corrected chi connectivity index (χ1v) is 5.75. The van der Waals surface area contributed by atoms with Gasteiger partial charge in [0.1, 0.15) is 24.0 Å². The van der Waals surface area contributed by atoms with Crippen molar-refractivity contribution in [2.45, 2.75) is 25.2 Å². The van der Waals surface area contributed by atoms with Crippen LogP contribution >= 0.6 is 0 Å². The van der Waals surface area contributed by atoms with E-state index in [2.05, 4.69) is 20.2 Å². The summed E-state index contributed by atoms with van der Waals surface area (Å²) in [6.07, 6.45) is -2.95. The fourth-order valence-electron chi connectivity index (χ4n) is 1.66. The minimum Gasteiger partial charge on any atom is -0.394 e. The summed E-state index contributed by atoms with van der Waals surface area (Å²) in [4.78, 5) is 6.84. The number of aromatic nitrogens is 4. The Morgan fingerprint density at radius 3 is 2.63 bits per heavy atom. The molecule has 0 unspecified atom stereocenters. The van der Waals surface area contributed by atoms with Crippen LogP contribution in [0.1, 0.15) is 17.5 Å². The van der Waals surface area contributed by atoms with Crippen LogP contribution in [0.5, 0.6) is 0 Å². The summed E-state index contributed by atoms with van der Waals surface area (Å²) in [6.45, 7) is 1.20. The van der Waals surface area contributed by atoms with E-state index in [4.69, 9.17) is 5.11 Å². The standard InChI is InChI=1S/C11H16N4O4/c1-5-2-6(15-14-5)11-12-3-7(13-11)9(18)10(19)8(17)4-16/h2-3,8-10,16-19H,4H2,1H3,(H,12,13)(H,14,15)/t8-,9-,10-/m1/s1. The summed E-state index contributed by atoms with van der Waals surface area (Å²) in [7, 11) is 0. The van der Waals surface area contributed by atoms with E-state index in [1.54, 1.807) is 6.07 Å². The van der Waals surface area contributed by atoms with E-state index in [1.807, 2.05) is 6.92 Å². The Kier molecular flexibility index (Phi) is 3.96. The zero-order valence-electron chi connectivity index (χ0n) is 10.3. The van der Waals surface area contributed by atoms with Gasteiger partial charge in [0.25, 0.3) is 0 Å². The number of aliphatic hydroxyl groups is 4. The fraction of sp³-hybridized carbons (Fsp3) is 0.455. The molecule has 0 aliphatic rings.